The highest BCUT2D eigenvalue weighted by atomic mass is 16.5. The quantitative estimate of drug-likeness (QED) is 0.864. The van der Waals surface area contributed by atoms with Gasteiger partial charge >= 0.3 is 0 Å². The Labute approximate surface area is 110 Å². The summed E-state index contributed by atoms with van der Waals surface area (Å²) in [5, 5.41) is 3.57. The molecular weight excluding hydrogens is 224 g/mol. The molecule has 0 heterocycles. The lowest BCUT2D eigenvalue weighted by molar-refractivity contribution is 0.396. The molecule has 0 amide bonds. The van der Waals surface area contributed by atoms with E-state index in [1.165, 1.54) is 24.0 Å². The second-order valence-corrected chi connectivity index (χ2v) is 5.34. The summed E-state index contributed by atoms with van der Waals surface area (Å²) >= 11 is 0. The van der Waals surface area contributed by atoms with E-state index in [2.05, 4.69) is 31.3 Å². The van der Waals surface area contributed by atoms with Gasteiger partial charge in [0.15, 0.2) is 0 Å². The molecule has 1 aliphatic carbocycles. The van der Waals surface area contributed by atoms with Crippen LogP contribution in [0, 0.1) is 13.8 Å². The topological polar surface area (TPSA) is 47.3 Å². The van der Waals surface area contributed by atoms with E-state index in [-0.39, 0.29) is 6.04 Å². The Morgan fingerprint density at radius 3 is 2.50 bits per heavy atom. The minimum Gasteiger partial charge on any atom is -0.495 e. The van der Waals surface area contributed by atoms with Crippen LogP contribution in [0.1, 0.15) is 36.8 Å². The summed E-state index contributed by atoms with van der Waals surface area (Å²) in [6, 6.07) is 4.88. The number of benzene rings is 1. The number of anilines is 1. The third-order valence-electron chi connectivity index (χ3n) is 3.98. The molecule has 0 bridgehead atoms. The maximum absolute atomic E-state index is 6.18. The number of hydrogen-bond donors (Lipinski definition) is 2. The fourth-order valence-electron chi connectivity index (χ4n) is 2.61. The molecule has 100 valence electrons. The van der Waals surface area contributed by atoms with Crippen molar-refractivity contribution in [1.82, 2.24) is 0 Å². The Kier molecular flexibility index (Phi) is 4.12. The van der Waals surface area contributed by atoms with Crippen LogP contribution < -0.4 is 15.8 Å². The molecule has 2 rings (SSSR count). The van der Waals surface area contributed by atoms with Crippen LogP contribution in [0.5, 0.6) is 5.75 Å². The number of nitrogens with one attached hydrogen (secondary N) is 1. The van der Waals surface area contributed by atoms with Gasteiger partial charge in [0.2, 0.25) is 0 Å². The van der Waals surface area contributed by atoms with E-state index < -0.39 is 0 Å². The van der Waals surface area contributed by atoms with Crippen molar-refractivity contribution in [3.8, 4) is 5.75 Å². The van der Waals surface area contributed by atoms with Crippen LogP contribution in [0.25, 0.3) is 0 Å². The molecule has 3 N–H and O–H groups in total. The molecule has 1 fully saturated rings. The normalized spacial score (nSPS) is 23.8. The van der Waals surface area contributed by atoms with Gasteiger partial charge < -0.3 is 15.8 Å². The Hall–Kier alpha value is -1.22. The third-order valence-corrected chi connectivity index (χ3v) is 3.98. The highest BCUT2D eigenvalue weighted by Gasteiger charge is 2.22. The minimum absolute atomic E-state index is 0.255. The van der Waals surface area contributed by atoms with Crippen LogP contribution in [0.2, 0.25) is 0 Å². The van der Waals surface area contributed by atoms with E-state index in [9.17, 15) is 0 Å². The summed E-state index contributed by atoms with van der Waals surface area (Å²) in [4.78, 5) is 0. The highest BCUT2D eigenvalue weighted by molar-refractivity contribution is 5.60. The van der Waals surface area contributed by atoms with Crippen molar-refractivity contribution in [1.29, 1.82) is 0 Å². The Morgan fingerprint density at radius 1 is 1.17 bits per heavy atom. The molecule has 3 heteroatoms. The lowest BCUT2D eigenvalue weighted by atomic mass is 9.90. The summed E-state index contributed by atoms with van der Waals surface area (Å²) in [6.07, 6.45) is 4.78. The average molecular weight is 248 g/mol. The van der Waals surface area contributed by atoms with Crippen molar-refractivity contribution in [2.24, 2.45) is 5.73 Å². The van der Waals surface area contributed by atoms with Crippen LogP contribution in [0.3, 0.4) is 0 Å². The Balaban J connectivity index is 2.19. The van der Waals surface area contributed by atoms with Gasteiger partial charge in [-0.3, -0.25) is 0 Å². The van der Waals surface area contributed by atoms with Gasteiger partial charge in [-0.25, -0.2) is 0 Å². The SMILES string of the molecule is COc1cc(C)c(C)cc1NC1CCCCC1N. The van der Waals surface area contributed by atoms with E-state index in [0.717, 1.165) is 24.3 Å². The van der Waals surface area contributed by atoms with Gasteiger partial charge in [-0.15, -0.1) is 0 Å². The predicted octanol–water partition coefficient (Wildman–Crippen LogP) is 2.99. The van der Waals surface area contributed by atoms with Gasteiger partial charge in [-0.05, 0) is 49.9 Å². The lowest BCUT2D eigenvalue weighted by Crippen LogP contribution is -2.42. The second kappa shape index (κ2) is 5.61. The molecule has 0 spiro atoms. The first kappa shape index (κ1) is 13.2. The maximum Gasteiger partial charge on any atom is 0.142 e. The van der Waals surface area contributed by atoms with Gasteiger partial charge in [0.25, 0.3) is 0 Å². The Bertz CT molecular complexity index is 417. The summed E-state index contributed by atoms with van der Waals surface area (Å²) in [7, 11) is 1.72. The van der Waals surface area contributed by atoms with Crippen LogP contribution in [-0.4, -0.2) is 19.2 Å². The fraction of sp³-hybridized carbons (Fsp3) is 0.600. The standard InChI is InChI=1S/C15H24N2O/c1-10-8-14(15(18-3)9-11(10)2)17-13-7-5-4-6-12(13)16/h8-9,12-13,17H,4-7,16H2,1-3H3. The number of methoxy groups -OCH3 is 1. The molecule has 2 unspecified atom stereocenters. The smallest absolute Gasteiger partial charge is 0.142 e. The fourth-order valence-corrected chi connectivity index (χ4v) is 2.61. The zero-order valence-electron chi connectivity index (χ0n) is 11.6. The van der Waals surface area contributed by atoms with E-state index >= 15 is 0 Å². The van der Waals surface area contributed by atoms with Crippen molar-refractivity contribution in [3.63, 3.8) is 0 Å². The molecule has 0 radical (unpaired) electrons. The van der Waals surface area contributed by atoms with Crippen molar-refractivity contribution in [2.45, 2.75) is 51.6 Å². The number of aryl methyl sites for hydroxylation is 2. The zero-order valence-corrected chi connectivity index (χ0v) is 11.6. The van der Waals surface area contributed by atoms with Crippen molar-refractivity contribution in [3.05, 3.63) is 23.3 Å². The van der Waals surface area contributed by atoms with Gasteiger partial charge in [0.05, 0.1) is 12.8 Å². The summed E-state index contributed by atoms with van der Waals surface area (Å²) in [5.74, 6) is 0.913. The highest BCUT2D eigenvalue weighted by Crippen LogP contribution is 2.30. The van der Waals surface area contributed by atoms with Gasteiger partial charge in [-0.1, -0.05) is 12.8 Å². The molecular formula is C15H24N2O. The summed E-state index contributed by atoms with van der Waals surface area (Å²) in [6.45, 7) is 4.23. The second-order valence-electron chi connectivity index (χ2n) is 5.34. The van der Waals surface area contributed by atoms with E-state index in [4.69, 9.17) is 10.5 Å². The third kappa shape index (κ3) is 2.78. The van der Waals surface area contributed by atoms with Crippen LogP contribution in [0.4, 0.5) is 5.69 Å². The van der Waals surface area contributed by atoms with Gasteiger partial charge in [0, 0.05) is 12.1 Å². The molecule has 2 atom stereocenters. The molecule has 1 aromatic rings. The van der Waals surface area contributed by atoms with Crippen LogP contribution in [-0.2, 0) is 0 Å². The largest absolute Gasteiger partial charge is 0.495 e. The van der Waals surface area contributed by atoms with Crippen LogP contribution in [0.15, 0.2) is 12.1 Å². The summed E-state index contributed by atoms with van der Waals surface area (Å²) < 4.78 is 5.45. The monoisotopic (exact) mass is 248 g/mol. The number of hydrogen-bond acceptors (Lipinski definition) is 3. The first-order valence-electron chi connectivity index (χ1n) is 6.79. The molecule has 3 nitrogen and oxygen atoms in total. The van der Waals surface area contributed by atoms with E-state index in [1.807, 2.05) is 0 Å². The van der Waals surface area contributed by atoms with Crippen molar-refractivity contribution in [2.75, 3.05) is 12.4 Å². The van der Waals surface area contributed by atoms with Crippen molar-refractivity contribution >= 4 is 5.69 Å². The molecule has 0 saturated heterocycles. The lowest BCUT2D eigenvalue weighted by Gasteiger charge is -2.31. The predicted molar refractivity (Wildman–Crippen MR) is 76.3 cm³/mol. The first-order chi connectivity index (χ1) is 8.61. The van der Waals surface area contributed by atoms with Gasteiger partial charge in [0.1, 0.15) is 5.75 Å². The molecule has 0 aromatic heterocycles. The van der Waals surface area contributed by atoms with E-state index in [0.29, 0.717) is 6.04 Å². The molecule has 1 saturated carbocycles. The average Bonchev–Trinajstić information content (AvgIpc) is 2.36. The molecule has 18 heavy (non-hydrogen) atoms. The van der Waals surface area contributed by atoms with Gasteiger partial charge in [-0.2, -0.15) is 0 Å². The van der Waals surface area contributed by atoms with Crippen molar-refractivity contribution < 1.29 is 4.74 Å². The minimum atomic E-state index is 0.255. The number of nitrogens with two attached hydrogens (primary N) is 1. The first-order valence-corrected chi connectivity index (χ1v) is 6.79. The Morgan fingerprint density at radius 2 is 1.83 bits per heavy atom. The summed E-state index contributed by atoms with van der Waals surface area (Å²) in [5.41, 5.74) is 9.79. The number of ether oxygens (including phenoxy) is 1. The number of rotatable bonds is 3. The molecule has 0 aliphatic heterocycles. The van der Waals surface area contributed by atoms with Crippen LogP contribution >= 0.6 is 0 Å². The van der Waals surface area contributed by atoms with E-state index in [1.54, 1.807) is 7.11 Å². The maximum atomic E-state index is 6.18. The molecule has 1 aromatic carbocycles. The molecule has 1 aliphatic rings. The zero-order chi connectivity index (χ0) is 13.1.